The van der Waals surface area contributed by atoms with E-state index in [-0.39, 0.29) is 36.8 Å². The number of esters is 2. The lowest BCUT2D eigenvalue weighted by atomic mass is 9.94. The number of carbonyl (C=O) groups excluding carboxylic acids is 3. The normalized spacial score (nSPS) is 12.3. The van der Waals surface area contributed by atoms with E-state index in [4.69, 9.17) is 20.9 Å². The summed E-state index contributed by atoms with van der Waals surface area (Å²) in [6, 6.07) is 6.71. The molecule has 2 heterocycles. The molecule has 3 rings (SSSR count). The molecule has 0 amide bonds. The van der Waals surface area contributed by atoms with Crippen LogP contribution in [0.5, 0.6) is 0 Å². The summed E-state index contributed by atoms with van der Waals surface area (Å²) >= 11 is 0. The molecular weight excluding hydrogens is 528 g/mol. The summed E-state index contributed by atoms with van der Waals surface area (Å²) in [6.07, 6.45) is -0.390. The Labute approximate surface area is 227 Å². The Kier molecular flexibility index (Phi) is 9.61. The van der Waals surface area contributed by atoms with Crippen molar-refractivity contribution in [1.29, 1.82) is 0 Å². The van der Waals surface area contributed by atoms with Gasteiger partial charge in [0.05, 0.1) is 31.5 Å². The van der Waals surface area contributed by atoms with E-state index in [1.165, 1.54) is 14.0 Å². The van der Waals surface area contributed by atoms with Crippen molar-refractivity contribution in [3.63, 3.8) is 0 Å². The number of nitrogens with zero attached hydrogens (tertiary/aromatic N) is 6. The van der Waals surface area contributed by atoms with Crippen molar-refractivity contribution in [3.8, 4) is 0 Å². The molecule has 2 aromatic heterocycles. The smallest absolute Gasteiger partial charge is 0.309 e. The van der Waals surface area contributed by atoms with Crippen LogP contribution in [0.4, 0.5) is 17.5 Å². The fraction of sp³-hybridized carbons (Fsp3) is 0.375. The van der Waals surface area contributed by atoms with Crippen LogP contribution >= 0.6 is 0 Å². The van der Waals surface area contributed by atoms with Gasteiger partial charge in [-0.2, -0.15) is 9.97 Å². The molecule has 0 bridgehead atoms. The number of hydrogen-bond acceptors (Lipinski definition) is 15. The van der Waals surface area contributed by atoms with E-state index in [9.17, 15) is 24.5 Å². The predicted octanol–water partition coefficient (Wildman–Crippen LogP) is 1.46. The van der Waals surface area contributed by atoms with Crippen molar-refractivity contribution < 1.29 is 33.8 Å². The summed E-state index contributed by atoms with van der Waals surface area (Å²) in [5.74, 6) is -2.61. The van der Waals surface area contributed by atoms with Crippen LogP contribution in [-0.4, -0.2) is 63.2 Å². The van der Waals surface area contributed by atoms with Crippen molar-refractivity contribution >= 4 is 46.3 Å². The number of ketones is 1. The minimum atomic E-state index is -1.41. The quantitative estimate of drug-likeness (QED) is 0.0997. The summed E-state index contributed by atoms with van der Waals surface area (Å²) < 4.78 is 9.52. The Bertz CT molecular complexity index is 1400. The zero-order valence-electron chi connectivity index (χ0n) is 22.0. The van der Waals surface area contributed by atoms with Gasteiger partial charge < -0.3 is 25.8 Å². The number of rotatable bonds is 13. The first-order valence-electron chi connectivity index (χ1n) is 11.9. The Morgan fingerprint density at radius 3 is 2.48 bits per heavy atom. The maximum absolute atomic E-state index is 12.9. The SMILES string of the molecule is COC(=O)[C@H](CCC(=O)OC(C)O[N+](=O)[O-])CC(=O)c1ccc(N(C)Cc2cnc3nc(N)nc(N)c3n2)cc1. The van der Waals surface area contributed by atoms with E-state index in [0.717, 1.165) is 5.69 Å². The van der Waals surface area contributed by atoms with Crippen LogP contribution in [0.1, 0.15) is 42.2 Å². The highest BCUT2D eigenvalue weighted by Crippen LogP contribution is 2.22. The maximum Gasteiger partial charge on any atom is 0.309 e. The van der Waals surface area contributed by atoms with Gasteiger partial charge in [0.25, 0.3) is 5.09 Å². The summed E-state index contributed by atoms with van der Waals surface area (Å²) in [4.78, 5) is 70.0. The molecule has 0 radical (unpaired) electrons. The number of benzene rings is 1. The van der Waals surface area contributed by atoms with Crippen molar-refractivity contribution in [2.45, 2.75) is 39.0 Å². The Morgan fingerprint density at radius 1 is 1.12 bits per heavy atom. The van der Waals surface area contributed by atoms with Gasteiger partial charge >= 0.3 is 11.9 Å². The predicted molar refractivity (Wildman–Crippen MR) is 140 cm³/mol. The molecular formula is C24H28N8O8. The number of nitrogens with two attached hydrogens (primary N) is 2. The molecule has 4 N–H and O–H groups in total. The minimum absolute atomic E-state index is 0.00847. The van der Waals surface area contributed by atoms with Gasteiger partial charge in [0, 0.05) is 31.1 Å². The Morgan fingerprint density at radius 2 is 1.82 bits per heavy atom. The van der Waals surface area contributed by atoms with Crippen LogP contribution < -0.4 is 16.4 Å². The second kappa shape index (κ2) is 13.1. The molecule has 2 atom stereocenters. The highest BCUT2D eigenvalue weighted by molar-refractivity contribution is 5.98. The molecule has 0 aliphatic carbocycles. The largest absolute Gasteiger partial charge is 0.469 e. The molecule has 3 aromatic rings. The van der Waals surface area contributed by atoms with E-state index >= 15 is 0 Å². The van der Waals surface area contributed by atoms with Gasteiger partial charge in [0.1, 0.15) is 0 Å². The molecule has 0 aliphatic rings. The summed E-state index contributed by atoms with van der Waals surface area (Å²) in [5.41, 5.74) is 13.8. The van der Waals surface area contributed by atoms with Crippen molar-refractivity contribution in [2.75, 3.05) is 30.5 Å². The van der Waals surface area contributed by atoms with E-state index in [1.54, 1.807) is 30.5 Å². The molecule has 16 nitrogen and oxygen atoms in total. The van der Waals surface area contributed by atoms with Gasteiger partial charge in [-0.3, -0.25) is 19.2 Å². The first-order chi connectivity index (χ1) is 19.0. The Balaban J connectivity index is 1.61. The van der Waals surface area contributed by atoms with E-state index in [2.05, 4.69) is 24.8 Å². The second-order valence-electron chi connectivity index (χ2n) is 8.68. The second-order valence-corrected chi connectivity index (χ2v) is 8.68. The maximum atomic E-state index is 12.9. The molecule has 0 saturated heterocycles. The van der Waals surface area contributed by atoms with E-state index in [0.29, 0.717) is 29.0 Å². The minimum Gasteiger partial charge on any atom is -0.469 e. The third-order valence-corrected chi connectivity index (χ3v) is 5.73. The standard InChI is InChI=1S/C24H28N8O8/c1-13(40-32(36)37)39-19(34)9-6-15(23(35)38-3)10-18(33)14-4-7-17(8-5-14)31(2)12-16-11-27-22-20(28-16)21(25)29-24(26)30-22/h4-5,7-8,11,13,15H,6,9-10,12H2,1-3H3,(H4,25,26,27,29,30)/t13?,15-/m1/s1. The van der Waals surface area contributed by atoms with Crippen LogP contribution in [-0.2, 0) is 30.4 Å². The van der Waals surface area contributed by atoms with Crippen molar-refractivity contribution in [1.82, 2.24) is 19.9 Å². The number of ether oxygens (including phenoxy) is 2. The zero-order valence-corrected chi connectivity index (χ0v) is 22.0. The van der Waals surface area contributed by atoms with Gasteiger partial charge in [0.2, 0.25) is 12.2 Å². The van der Waals surface area contributed by atoms with E-state index < -0.39 is 29.2 Å². The molecule has 1 unspecified atom stereocenters. The molecule has 1 aromatic carbocycles. The third kappa shape index (κ3) is 7.92. The molecule has 0 fully saturated rings. The average Bonchev–Trinajstić information content (AvgIpc) is 2.90. The van der Waals surface area contributed by atoms with Crippen molar-refractivity contribution in [2.24, 2.45) is 5.92 Å². The highest BCUT2D eigenvalue weighted by atomic mass is 17.0. The highest BCUT2D eigenvalue weighted by Gasteiger charge is 2.25. The number of Topliss-reactive ketones (excluding diaryl/α,β-unsaturated/α-hetero) is 1. The van der Waals surface area contributed by atoms with Gasteiger partial charge in [-0.25, -0.2) is 9.97 Å². The summed E-state index contributed by atoms with van der Waals surface area (Å²) in [6.45, 7) is 1.55. The van der Waals surface area contributed by atoms with Gasteiger partial charge in [-0.15, -0.1) is 10.1 Å². The molecule has 212 valence electrons. The van der Waals surface area contributed by atoms with Crippen LogP contribution in [0.3, 0.4) is 0 Å². The average molecular weight is 557 g/mol. The lowest BCUT2D eigenvalue weighted by Crippen LogP contribution is -2.24. The molecule has 40 heavy (non-hydrogen) atoms. The Hall–Kier alpha value is -5.15. The first-order valence-corrected chi connectivity index (χ1v) is 11.9. The van der Waals surface area contributed by atoms with Crippen LogP contribution in [0, 0.1) is 16.0 Å². The lowest BCUT2D eigenvalue weighted by molar-refractivity contribution is -0.777. The van der Waals surface area contributed by atoms with E-state index in [1.807, 2.05) is 11.9 Å². The monoisotopic (exact) mass is 556 g/mol. The molecule has 16 heteroatoms. The third-order valence-electron chi connectivity index (χ3n) is 5.73. The van der Waals surface area contributed by atoms with Gasteiger partial charge in [-0.1, -0.05) is 0 Å². The van der Waals surface area contributed by atoms with Crippen LogP contribution in [0.15, 0.2) is 30.5 Å². The first kappa shape index (κ1) is 29.4. The van der Waals surface area contributed by atoms with Crippen molar-refractivity contribution in [3.05, 3.63) is 51.8 Å². The number of nitrogen functional groups attached to an aromatic ring is 2. The summed E-state index contributed by atoms with van der Waals surface area (Å²) in [5, 5.41) is 9.23. The number of carbonyl (C=O) groups is 3. The summed E-state index contributed by atoms with van der Waals surface area (Å²) in [7, 11) is 3.00. The fourth-order valence-corrected chi connectivity index (χ4v) is 3.79. The lowest BCUT2D eigenvalue weighted by Gasteiger charge is -2.19. The van der Waals surface area contributed by atoms with Gasteiger partial charge in [0.15, 0.2) is 22.8 Å². The fourth-order valence-electron chi connectivity index (χ4n) is 3.79. The number of anilines is 3. The number of fused-ring (bicyclic) bond motifs is 1. The topological polar surface area (TPSA) is 229 Å². The number of methoxy groups -OCH3 is 1. The van der Waals surface area contributed by atoms with Crippen LogP contribution in [0.2, 0.25) is 0 Å². The van der Waals surface area contributed by atoms with Gasteiger partial charge in [-0.05, 0) is 37.6 Å². The number of aromatic nitrogens is 4. The molecule has 0 aliphatic heterocycles. The molecule has 0 spiro atoms. The zero-order chi connectivity index (χ0) is 29.4. The molecule has 0 saturated carbocycles. The number of hydrogen-bond donors (Lipinski definition) is 2. The van der Waals surface area contributed by atoms with Crippen LogP contribution in [0.25, 0.3) is 11.2 Å².